The van der Waals surface area contributed by atoms with E-state index in [9.17, 15) is 18.0 Å². The predicted molar refractivity (Wildman–Crippen MR) is 160 cm³/mol. The van der Waals surface area contributed by atoms with Crippen molar-refractivity contribution in [2.75, 3.05) is 16.8 Å². The molecule has 1 aromatic carbocycles. The Morgan fingerprint density at radius 1 is 1.07 bits per heavy atom. The van der Waals surface area contributed by atoms with Crippen molar-refractivity contribution < 1.29 is 22.8 Å². The van der Waals surface area contributed by atoms with Crippen LogP contribution in [0.1, 0.15) is 67.7 Å². The summed E-state index contributed by atoms with van der Waals surface area (Å²) >= 11 is 0. The number of benzene rings is 1. The molecule has 3 fully saturated rings. The first-order valence-electron chi connectivity index (χ1n) is 15.3. The Hall–Kier alpha value is -4.46. The number of rotatable bonds is 9. The molecule has 5 heterocycles. The molecule has 236 valence electrons. The van der Waals surface area contributed by atoms with Crippen LogP contribution in [0.25, 0.3) is 11.2 Å². The Labute approximate surface area is 257 Å². The van der Waals surface area contributed by atoms with Gasteiger partial charge < -0.3 is 19.6 Å². The van der Waals surface area contributed by atoms with Gasteiger partial charge in [-0.25, -0.2) is 14.8 Å². The number of aromatic nitrogens is 5. The summed E-state index contributed by atoms with van der Waals surface area (Å²) in [5, 5.41) is 6.26. The van der Waals surface area contributed by atoms with E-state index >= 15 is 0 Å². The Bertz CT molecular complexity index is 1680. The van der Waals surface area contributed by atoms with Crippen LogP contribution in [0, 0.1) is 5.92 Å². The minimum absolute atomic E-state index is 0.107. The number of halogens is 3. The van der Waals surface area contributed by atoms with Crippen molar-refractivity contribution in [2.24, 2.45) is 5.92 Å². The first kappa shape index (κ1) is 29.3. The number of nitrogens with zero attached hydrogens (tertiary/aromatic N) is 6. The van der Waals surface area contributed by atoms with E-state index in [1.807, 2.05) is 16.8 Å². The molecule has 2 unspecified atom stereocenters. The van der Waals surface area contributed by atoms with Gasteiger partial charge >= 0.3 is 12.3 Å². The first-order valence-corrected chi connectivity index (χ1v) is 15.3. The quantitative estimate of drug-likeness (QED) is 0.227. The van der Waals surface area contributed by atoms with Gasteiger partial charge in [-0.3, -0.25) is 10.3 Å². The van der Waals surface area contributed by atoms with E-state index in [1.54, 1.807) is 6.20 Å². The number of carbonyl (C=O) groups excluding carboxylic acids is 1. The van der Waals surface area contributed by atoms with E-state index in [2.05, 4.69) is 39.0 Å². The van der Waals surface area contributed by atoms with Crippen molar-refractivity contribution >= 4 is 29.0 Å². The van der Waals surface area contributed by atoms with Gasteiger partial charge in [-0.2, -0.15) is 18.2 Å². The van der Waals surface area contributed by atoms with Gasteiger partial charge in [0.1, 0.15) is 5.52 Å². The molecular weight excluding hydrogens is 587 g/mol. The molecule has 14 heteroatoms. The smallest absolute Gasteiger partial charge is 0.365 e. The van der Waals surface area contributed by atoms with Crippen LogP contribution in [0.15, 0.2) is 48.8 Å². The second kappa shape index (κ2) is 11.8. The number of nitrogens with one attached hydrogen (secondary N) is 3. The average Bonchev–Trinajstić information content (AvgIpc) is 3.71. The molecule has 2 saturated heterocycles. The summed E-state index contributed by atoms with van der Waals surface area (Å²) in [6.07, 6.45) is 3.89. The molecule has 11 nitrogen and oxygen atoms in total. The number of imidazole rings is 1. The minimum Gasteiger partial charge on any atom is -0.365 e. The molecule has 3 aromatic heterocycles. The van der Waals surface area contributed by atoms with Gasteiger partial charge in [0.05, 0.1) is 12.1 Å². The van der Waals surface area contributed by atoms with Gasteiger partial charge in [-0.1, -0.05) is 24.6 Å². The van der Waals surface area contributed by atoms with Crippen molar-refractivity contribution in [2.45, 2.75) is 76.4 Å². The van der Waals surface area contributed by atoms with Crippen molar-refractivity contribution in [3.05, 3.63) is 71.3 Å². The summed E-state index contributed by atoms with van der Waals surface area (Å²) < 4.78 is 42.1. The summed E-state index contributed by atoms with van der Waals surface area (Å²) in [6, 6.07) is 9.45. The zero-order chi connectivity index (χ0) is 31.1. The minimum atomic E-state index is -4.42. The third-order valence-electron chi connectivity index (χ3n) is 9.06. The first-order chi connectivity index (χ1) is 21.7. The highest BCUT2D eigenvalue weighted by Gasteiger charge is 2.34. The molecule has 4 aromatic rings. The van der Waals surface area contributed by atoms with Gasteiger partial charge in [-0.15, -0.1) is 5.48 Å². The van der Waals surface area contributed by atoms with E-state index in [4.69, 9.17) is 19.8 Å². The van der Waals surface area contributed by atoms with Crippen LogP contribution < -0.4 is 21.0 Å². The van der Waals surface area contributed by atoms with Crippen LogP contribution in [0.2, 0.25) is 0 Å². The van der Waals surface area contributed by atoms with Crippen LogP contribution in [0.4, 0.5) is 29.7 Å². The lowest BCUT2D eigenvalue weighted by molar-refractivity contribution is -0.137. The highest BCUT2D eigenvalue weighted by molar-refractivity contribution is 5.86. The normalized spacial score (nSPS) is 21.1. The number of hydrogen-bond donors (Lipinski definition) is 3. The number of alkyl halides is 3. The summed E-state index contributed by atoms with van der Waals surface area (Å²) in [5.41, 5.74) is 4.79. The largest absolute Gasteiger partial charge is 0.427 e. The molecular formula is C31H34F3N9O2. The molecule has 0 radical (unpaired) electrons. The highest BCUT2D eigenvalue weighted by atomic mass is 19.4. The molecule has 2 aliphatic heterocycles. The number of pyridine rings is 1. The second-order valence-corrected chi connectivity index (χ2v) is 12.1. The maximum atomic E-state index is 13.4. The molecule has 1 aliphatic carbocycles. The lowest BCUT2D eigenvalue weighted by Gasteiger charge is -2.32. The maximum absolute atomic E-state index is 13.4. The fraction of sp³-hybridized carbons (Fsp3) is 0.452. The van der Waals surface area contributed by atoms with Crippen LogP contribution in [0.3, 0.4) is 0 Å². The third kappa shape index (κ3) is 5.98. The van der Waals surface area contributed by atoms with E-state index in [0.717, 1.165) is 56.3 Å². The number of anilines is 2. The molecule has 3 aliphatic rings. The molecule has 7 rings (SSSR count). The van der Waals surface area contributed by atoms with E-state index in [0.29, 0.717) is 34.4 Å². The fourth-order valence-electron chi connectivity index (χ4n) is 6.40. The van der Waals surface area contributed by atoms with Crippen molar-refractivity contribution in [1.82, 2.24) is 35.3 Å². The Morgan fingerprint density at radius 2 is 1.89 bits per heavy atom. The Morgan fingerprint density at radius 3 is 2.56 bits per heavy atom. The Balaban J connectivity index is 1.34. The summed E-state index contributed by atoms with van der Waals surface area (Å²) in [5.74, 6) is 1.99. The van der Waals surface area contributed by atoms with Crippen molar-refractivity contribution in [3.63, 3.8) is 0 Å². The number of fused-ring (bicyclic) bond motifs is 1. The van der Waals surface area contributed by atoms with Gasteiger partial charge in [0.25, 0.3) is 0 Å². The van der Waals surface area contributed by atoms with E-state index in [-0.39, 0.29) is 24.5 Å². The zero-order valence-corrected chi connectivity index (χ0v) is 24.7. The summed E-state index contributed by atoms with van der Waals surface area (Å²) in [6.45, 7) is 3.14. The second-order valence-electron chi connectivity index (χ2n) is 12.1. The monoisotopic (exact) mass is 621 g/mol. The van der Waals surface area contributed by atoms with Gasteiger partial charge in [0.15, 0.2) is 23.5 Å². The molecule has 0 spiro atoms. The van der Waals surface area contributed by atoms with Gasteiger partial charge in [-0.05, 0) is 74.3 Å². The average molecular weight is 622 g/mol. The summed E-state index contributed by atoms with van der Waals surface area (Å²) in [7, 11) is 0. The van der Waals surface area contributed by atoms with Gasteiger partial charge in [0.2, 0.25) is 5.95 Å². The van der Waals surface area contributed by atoms with Crippen LogP contribution in [-0.4, -0.2) is 49.2 Å². The van der Waals surface area contributed by atoms with Crippen LogP contribution in [0.5, 0.6) is 0 Å². The zero-order valence-electron chi connectivity index (χ0n) is 24.7. The molecule has 3 atom stereocenters. The Kier molecular flexibility index (Phi) is 7.68. The molecule has 1 saturated carbocycles. The molecule has 1 amide bonds. The molecule has 3 N–H and O–H groups in total. The fourth-order valence-corrected chi connectivity index (χ4v) is 6.40. The number of hydroxylamine groups is 1. The van der Waals surface area contributed by atoms with Crippen LogP contribution in [-0.2, 0) is 24.0 Å². The van der Waals surface area contributed by atoms with Crippen molar-refractivity contribution in [1.29, 1.82) is 0 Å². The SMILES string of the molecule is C[C@@H](Nc1nc(C2NOC(=O)N2)nc2nc(N3CCCC3Cc3cccnc3)n(Cc3ccc(C(F)(F)F)cc3)c12)C1CCC1. The molecule has 45 heavy (non-hydrogen) atoms. The highest BCUT2D eigenvalue weighted by Crippen LogP contribution is 2.36. The number of hydrogen-bond acceptors (Lipinski definition) is 9. The molecule has 0 bridgehead atoms. The number of amides is 1. The van der Waals surface area contributed by atoms with E-state index < -0.39 is 24.0 Å². The summed E-state index contributed by atoms with van der Waals surface area (Å²) in [4.78, 5) is 37.9. The predicted octanol–water partition coefficient (Wildman–Crippen LogP) is 5.34. The van der Waals surface area contributed by atoms with E-state index in [1.165, 1.54) is 18.6 Å². The topological polar surface area (TPSA) is 122 Å². The lowest BCUT2D eigenvalue weighted by atomic mass is 9.80. The third-order valence-corrected chi connectivity index (χ3v) is 9.06. The van der Waals surface area contributed by atoms with Gasteiger partial charge in [0, 0.05) is 31.0 Å². The van der Waals surface area contributed by atoms with Crippen LogP contribution >= 0.6 is 0 Å². The van der Waals surface area contributed by atoms with Crippen molar-refractivity contribution in [3.8, 4) is 0 Å². The standard InChI is InChI=1S/C31H34F3N9O2/c1-18(21-6-2-7-21)36-25-24-26(38-27(37-25)28-40-30(44)45-41-28)39-29(42-14-4-8-23(42)15-20-5-3-13-35-16-20)43(24)17-19-9-11-22(12-10-19)31(32,33)34/h3,5,9-13,16,18,21,23,28,41H,2,4,6-8,14-15,17H2,1H3,(H,40,44)(H,36,37,38)/t18-,23?,28?/m1/s1. The number of carbonyl (C=O) groups is 1. The lowest BCUT2D eigenvalue weighted by Crippen LogP contribution is -2.33. The maximum Gasteiger partial charge on any atom is 0.427 e.